The molecule has 6 nitrogen and oxygen atoms in total. The SMILES string of the molecule is CC(C)(C)[Si](OC1CCC(c2nnn3cnc4[nH]ccc4c23)CC1)(c1ccccc1)c1ccccc1. The van der Waals surface area contributed by atoms with Crippen molar-refractivity contribution in [3.63, 3.8) is 0 Å². The lowest BCUT2D eigenvalue weighted by atomic mass is 9.85. The van der Waals surface area contributed by atoms with Gasteiger partial charge in [-0.1, -0.05) is 86.6 Å². The normalized spacial score (nSPS) is 19.2. The monoisotopic (exact) mass is 495 g/mol. The van der Waals surface area contributed by atoms with Gasteiger partial charge in [-0.2, -0.15) is 0 Å². The van der Waals surface area contributed by atoms with Gasteiger partial charge in [0.25, 0.3) is 8.32 Å². The number of benzene rings is 2. The number of aromatic nitrogens is 5. The fourth-order valence-corrected chi connectivity index (χ4v) is 10.8. The van der Waals surface area contributed by atoms with Gasteiger partial charge in [-0.3, -0.25) is 0 Å². The molecule has 0 amide bonds. The molecule has 7 heteroatoms. The lowest BCUT2D eigenvalue weighted by Crippen LogP contribution is -2.67. The Kier molecular flexibility index (Phi) is 5.77. The summed E-state index contributed by atoms with van der Waals surface area (Å²) >= 11 is 0. The van der Waals surface area contributed by atoms with E-state index in [9.17, 15) is 0 Å². The van der Waals surface area contributed by atoms with Crippen molar-refractivity contribution >= 4 is 35.2 Å². The fraction of sp³-hybridized carbons (Fsp3) is 0.345. The van der Waals surface area contributed by atoms with Gasteiger partial charge in [-0.05, 0) is 47.2 Å². The quantitative estimate of drug-likeness (QED) is 0.340. The third-order valence-corrected chi connectivity index (χ3v) is 12.9. The number of aromatic amines is 1. The number of H-pyrrole nitrogens is 1. The summed E-state index contributed by atoms with van der Waals surface area (Å²) in [4.78, 5) is 7.66. The molecular formula is C29H33N5OSi. The first-order valence-electron chi connectivity index (χ1n) is 12.9. The molecule has 0 radical (unpaired) electrons. The van der Waals surface area contributed by atoms with Crippen LogP contribution in [-0.4, -0.2) is 39.2 Å². The van der Waals surface area contributed by atoms with Crippen LogP contribution >= 0.6 is 0 Å². The summed E-state index contributed by atoms with van der Waals surface area (Å²) in [6, 6.07) is 24.0. The van der Waals surface area contributed by atoms with Crippen LogP contribution in [0.1, 0.15) is 58.1 Å². The summed E-state index contributed by atoms with van der Waals surface area (Å²) in [5.74, 6) is 0.377. The van der Waals surface area contributed by atoms with E-state index in [1.165, 1.54) is 10.4 Å². The minimum Gasteiger partial charge on any atom is -0.404 e. The molecule has 1 aliphatic rings. The summed E-state index contributed by atoms with van der Waals surface area (Å²) in [5.41, 5.74) is 3.05. The van der Waals surface area contributed by atoms with Crippen molar-refractivity contribution in [2.24, 2.45) is 0 Å². The largest absolute Gasteiger partial charge is 0.404 e. The Morgan fingerprint density at radius 3 is 2.14 bits per heavy atom. The standard InChI is InChI=1S/C29H33N5OSi/c1-29(2,3)36(23-10-6-4-7-11-23,24-12-8-5-9-13-24)35-22-16-14-21(15-17-22)26-27-25-18-19-30-28(25)31-20-34(27)33-32-26/h4-13,18-22,30H,14-17H2,1-3H3. The van der Waals surface area contributed by atoms with Gasteiger partial charge in [0, 0.05) is 23.6 Å². The summed E-state index contributed by atoms with van der Waals surface area (Å²) in [7, 11) is -2.54. The molecular weight excluding hydrogens is 462 g/mol. The average molecular weight is 496 g/mol. The maximum atomic E-state index is 7.41. The molecule has 5 aromatic rings. The van der Waals surface area contributed by atoms with E-state index in [0.29, 0.717) is 5.92 Å². The van der Waals surface area contributed by atoms with Crippen molar-refractivity contribution in [2.45, 2.75) is 63.5 Å². The Morgan fingerprint density at radius 1 is 0.889 bits per heavy atom. The van der Waals surface area contributed by atoms with Crippen LogP contribution in [0.15, 0.2) is 79.3 Å². The Labute approximate surface area is 212 Å². The van der Waals surface area contributed by atoms with Gasteiger partial charge in [0.1, 0.15) is 17.5 Å². The molecule has 3 aromatic heterocycles. The highest BCUT2D eigenvalue weighted by Crippen LogP contribution is 2.42. The van der Waals surface area contributed by atoms with E-state index < -0.39 is 8.32 Å². The third-order valence-electron chi connectivity index (χ3n) is 7.82. The first-order valence-corrected chi connectivity index (χ1v) is 14.8. The maximum absolute atomic E-state index is 7.41. The lowest BCUT2D eigenvalue weighted by molar-refractivity contribution is 0.135. The lowest BCUT2D eigenvalue weighted by Gasteiger charge is -2.46. The van der Waals surface area contributed by atoms with E-state index in [4.69, 9.17) is 4.43 Å². The molecule has 0 unspecified atom stereocenters. The number of hydrogen-bond donors (Lipinski definition) is 1. The van der Waals surface area contributed by atoms with Crippen LogP contribution in [0.3, 0.4) is 0 Å². The first kappa shape index (κ1) is 23.1. The summed E-state index contributed by atoms with van der Waals surface area (Å²) < 4.78 is 9.23. The van der Waals surface area contributed by atoms with Crippen LogP contribution in [0.2, 0.25) is 5.04 Å². The first-order chi connectivity index (χ1) is 17.5. The maximum Gasteiger partial charge on any atom is 0.261 e. The Morgan fingerprint density at radius 2 is 1.53 bits per heavy atom. The predicted molar refractivity (Wildman–Crippen MR) is 146 cm³/mol. The Hall–Kier alpha value is -3.29. The van der Waals surface area contributed by atoms with Gasteiger partial charge < -0.3 is 9.41 Å². The van der Waals surface area contributed by atoms with Crippen LogP contribution in [0.4, 0.5) is 0 Å². The Balaban J connectivity index is 1.31. The van der Waals surface area contributed by atoms with E-state index in [-0.39, 0.29) is 11.1 Å². The Bertz CT molecular complexity index is 1420. The van der Waals surface area contributed by atoms with E-state index in [1.54, 1.807) is 6.33 Å². The number of rotatable bonds is 5. The smallest absolute Gasteiger partial charge is 0.261 e. The average Bonchev–Trinajstić information content (AvgIpc) is 3.55. The number of hydrogen-bond acceptors (Lipinski definition) is 4. The van der Waals surface area contributed by atoms with Gasteiger partial charge in [-0.25, -0.2) is 9.50 Å². The topological polar surface area (TPSA) is 68.1 Å². The molecule has 6 rings (SSSR count). The second-order valence-electron chi connectivity index (χ2n) is 11.0. The van der Waals surface area contributed by atoms with Crippen molar-refractivity contribution in [1.82, 2.24) is 24.8 Å². The van der Waals surface area contributed by atoms with E-state index in [1.807, 2.05) is 10.7 Å². The highest BCUT2D eigenvalue weighted by Gasteiger charge is 2.51. The van der Waals surface area contributed by atoms with Crippen LogP contribution in [0, 0.1) is 0 Å². The zero-order chi connectivity index (χ0) is 24.8. The van der Waals surface area contributed by atoms with E-state index in [2.05, 4.69) is 108 Å². The summed E-state index contributed by atoms with van der Waals surface area (Å²) in [6.45, 7) is 7.05. The summed E-state index contributed by atoms with van der Waals surface area (Å²) in [6.07, 6.45) is 8.05. The number of nitrogens with one attached hydrogen (secondary N) is 1. The van der Waals surface area contributed by atoms with Crippen molar-refractivity contribution < 1.29 is 4.43 Å². The van der Waals surface area contributed by atoms with Crippen LogP contribution in [-0.2, 0) is 4.43 Å². The molecule has 0 atom stereocenters. The van der Waals surface area contributed by atoms with Gasteiger partial charge in [-0.15, -0.1) is 5.10 Å². The van der Waals surface area contributed by atoms with Crippen molar-refractivity contribution in [1.29, 1.82) is 0 Å². The molecule has 2 aromatic carbocycles. The minimum absolute atomic E-state index is 0.0105. The third kappa shape index (κ3) is 3.78. The molecule has 0 spiro atoms. The molecule has 184 valence electrons. The van der Waals surface area contributed by atoms with E-state index in [0.717, 1.165) is 47.9 Å². The number of nitrogens with zero attached hydrogens (tertiary/aromatic N) is 4. The molecule has 1 fully saturated rings. The van der Waals surface area contributed by atoms with Crippen LogP contribution in [0.5, 0.6) is 0 Å². The molecule has 1 aliphatic carbocycles. The van der Waals surface area contributed by atoms with Crippen LogP contribution in [0.25, 0.3) is 16.6 Å². The highest BCUT2D eigenvalue weighted by atomic mass is 28.4. The molecule has 1 saturated carbocycles. The highest BCUT2D eigenvalue weighted by molar-refractivity contribution is 6.99. The van der Waals surface area contributed by atoms with Crippen LogP contribution < -0.4 is 10.4 Å². The second-order valence-corrected chi connectivity index (χ2v) is 15.3. The van der Waals surface area contributed by atoms with Gasteiger partial charge in [0.05, 0.1) is 5.69 Å². The summed E-state index contributed by atoms with van der Waals surface area (Å²) in [5, 5.41) is 12.8. The van der Waals surface area contributed by atoms with E-state index >= 15 is 0 Å². The minimum atomic E-state index is -2.54. The molecule has 1 N–H and O–H groups in total. The zero-order valence-corrected chi connectivity index (χ0v) is 22.2. The molecule has 0 saturated heterocycles. The van der Waals surface area contributed by atoms with Crippen molar-refractivity contribution in [3.05, 3.63) is 84.9 Å². The van der Waals surface area contributed by atoms with Crippen molar-refractivity contribution in [2.75, 3.05) is 0 Å². The number of fused-ring (bicyclic) bond motifs is 3. The molecule has 0 aliphatic heterocycles. The predicted octanol–water partition coefficient (Wildman–Crippen LogP) is 5.21. The zero-order valence-electron chi connectivity index (χ0n) is 21.2. The van der Waals surface area contributed by atoms with Gasteiger partial charge >= 0.3 is 0 Å². The fourth-order valence-electron chi connectivity index (χ4n) is 6.09. The van der Waals surface area contributed by atoms with Gasteiger partial charge in [0.15, 0.2) is 0 Å². The van der Waals surface area contributed by atoms with Gasteiger partial charge in [0.2, 0.25) is 0 Å². The molecule has 3 heterocycles. The molecule has 0 bridgehead atoms. The second kappa shape index (κ2) is 8.98. The molecule has 36 heavy (non-hydrogen) atoms. The van der Waals surface area contributed by atoms with Crippen molar-refractivity contribution in [3.8, 4) is 0 Å².